The van der Waals surface area contributed by atoms with Crippen molar-refractivity contribution in [2.24, 2.45) is 5.73 Å². The number of aromatic nitrogens is 3. The van der Waals surface area contributed by atoms with Gasteiger partial charge in [0.05, 0.1) is 27.3 Å². The standard InChI is InChI=1S/C12H16N4O2/c1-17-10-3-4-14-9(12(10)18-2)8-16-6-5-15-11(16)7-13/h3-6H,7-8,13H2,1-2H3. The normalized spacial score (nSPS) is 10.4. The minimum Gasteiger partial charge on any atom is -0.493 e. The summed E-state index contributed by atoms with van der Waals surface area (Å²) in [7, 11) is 3.20. The molecule has 0 aliphatic heterocycles. The fourth-order valence-corrected chi connectivity index (χ4v) is 1.80. The van der Waals surface area contributed by atoms with Gasteiger partial charge in [-0.2, -0.15) is 0 Å². The number of rotatable bonds is 5. The van der Waals surface area contributed by atoms with Gasteiger partial charge in [0.25, 0.3) is 0 Å². The molecule has 2 aromatic heterocycles. The SMILES string of the molecule is COc1ccnc(Cn2ccnc2CN)c1OC. The number of imidazole rings is 1. The van der Waals surface area contributed by atoms with Crippen molar-refractivity contribution < 1.29 is 9.47 Å². The van der Waals surface area contributed by atoms with Crippen molar-refractivity contribution in [2.45, 2.75) is 13.1 Å². The fourth-order valence-electron chi connectivity index (χ4n) is 1.80. The summed E-state index contributed by atoms with van der Waals surface area (Å²) in [6.45, 7) is 0.937. The fraction of sp³-hybridized carbons (Fsp3) is 0.333. The Balaban J connectivity index is 2.34. The van der Waals surface area contributed by atoms with Crippen LogP contribution in [0.2, 0.25) is 0 Å². The van der Waals surface area contributed by atoms with Gasteiger partial charge in [0.2, 0.25) is 0 Å². The Morgan fingerprint density at radius 2 is 2.06 bits per heavy atom. The molecule has 0 unspecified atom stereocenters. The Bertz CT molecular complexity index is 525. The van der Waals surface area contributed by atoms with Crippen LogP contribution in [0.1, 0.15) is 11.5 Å². The molecule has 0 amide bonds. The van der Waals surface area contributed by atoms with Crippen molar-refractivity contribution in [3.63, 3.8) is 0 Å². The molecule has 0 aliphatic rings. The van der Waals surface area contributed by atoms with Crippen LogP contribution in [-0.2, 0) is 13.1 Å². The molecule has 6 heteroatoms. The molecule has 0 aliphatic carbocycles. The van der Waals surface area contributed by atoms with E-state index in [0.29, 0.717) is 24.6 Å². The highest BCUT2D eigenvalue weighted by Crippen LogP contribution is 2.29. The zero-order valence-electron chi connectivity index (χ0n) is 10.5. The highest BCUT2D eigenvalue weighted by atomic mass is 16.5. The first kappa shape index (κ1) is 12.4. The molecule has 2 N–H and O–H groups in total. The van der Waals surface area contributed by atoms with Crippen molar-refractivity contribution in [2.75, 3.05) is 14.2 Å². The molecule has 0 fully saturated rings. The Hall–Kier alpha value is -2.08. The number of hydrogen-bond acceptors (Lipinski definition) is 5. The smallest absolute Gasteiger partial charge is 0.184 e. The molecule has 0 bridgehead atoms. The number of nitrogens with two attached hydrogens (primary N) is 1. The summed E-state index contributed by atoms with van der Waals surface area (Å²) in [5, 5.41) is 0. The van der Waals surface area contributed by atoms with Gasteiger partial charge in [-0.1, -0.05) is 0 Å². The molecule has 0 radical (unpaired) electrons. The number of pyridine rings is 1. The van der Waals surface area contributed by atoms with Crippen LogP contribution < -0.4 is 15.2 Å². The maximum Gasteiger partial charge on any atom is 0.184 e. The third kappa shape index (κ3) is 2.28. The average molecular weight is 248 g/mol. The lowest BCUT2D eigenvalue weighted by Gasteiger charge is -2.12. The second kappa shape index (κ2) is 5.50. The Morgan fingerprint density at radius 1 is 1.22 bits per heavy atom. The summed E-state index contributed by atoms with van der Waals surface area (Å²) in [6, 6.07) is 1.76. The molecule has 96 valence electrons. The summed E-state index contributed by atoms with van der Waals surface area (Å²) in [5.41, 5.74) is 6.40. The minimum atomic E-state index is 0.388. The number of methoxy groups -OCH3 is 2. The molecule has 6 nitrogen and oxygen atoms in total. The molecule has 0 saturated carbocycles. The van der Waals surface area contributed by atoms with E-state index in [0.717, 1.165) is 11.5 Å². The molecule has 0 spiro atoms. The Morgan fingerprint density at radius 3 is 2.72 bits per heavy atom. The molecule has 0 saturated heterocycles. The van der Waals surface area contributed by atoms with Crippen molar-refractivity contribution in [3.8, 4) is 11.5 Å². The molecule has 0 atom stereocenters. The second-order valence-corrected chi connectivity index (χ2v) is 3.67. The van der Waals surface area contributed by atoms with Crippen LogP contribution >= 0.6 is 0 Å². The Kier molecular flexibility index (Phi) is 3.78. The van der Waals surface area contributed by atoms with Gasteiger partial charge in [0.15, 0.2) is 11.5 Å². The van der Waals surface area contributed by atoms with Crippen molar-refractivity contribution in [1.82, 2.24) is 14.5 Å². The zero-order chi connectivity index (χ0) is 13.0. The third-order valence-corrected chi connectivity index (χ3v) is 2.67. The maximum absolute atomic E-state index is 5.62. The minimum absolute atomic E-state index is 0.388. The summed E-state index contributed by atoms with van der Waals surface area (Å²) in [5.74, 6) is 2.11. The van der Waals surface area contributed by atoms with Crippen LogP contribution in [0.5, 0.6) is 11.5 Å². The van der Waals surface area contributed by atoms with Gasteiger partial charge in [-0.3, -0.25) is 4.98 Å². The lowest BCUT2D eigenvalue weighted by Crippen LogP contribution is -2.10. The van der Waals surface area contributed by atoms with Gasteiger partial charge in [-0.15, -0.1) is 0 Å². The zero-order valence-corrected chi connectivity index (χ0v) is 10.5. The molecule has 18 heavy (non-hydrogen) atoms. The monoisotopic (exact) mass is 248 g/mol. The van der Waals surface area contributed by atoms with Crippen LogP contribution in [0.15, 0.2) is 24.7 Å². The van der Waals surface area contributed by atoms with Crippen molar-refractivity contribution >= 4 is 0 Å². The first-order chi connectivity index (χ1) is 8.80. The van der Waals surface area contributed by atoms with E-state index in [2.05, 4.69) is 9.97 Å². The number of nitrogens with zero attached hydrogens (tertiary/aromatic N) is 3. The van der Waals surface area contributed by atoms with Gasteiger partial charge in [0.1, 0.15) is 11.5 Å². The van der Waals surface area contributed by atoms with Gasteiger partial charge < -0.3 is 19.8 Å². The molecule has 0 aromatic carbocycles. The van der Waals surface area contributed by atoms with E-state index in [-0.39, 0.29) is 0 Å². The van der Waals surface area contributed by atoms with Crippen LogP contribution in [0, 0.1) is 0 Å². The van der Waals surface area contributed by atoms with E-state index < -0.39 is 0 Å². The van der Waals surface area contributed by atoms with E-state index in [1.807, 2.05) is 10.8 Å². The molecular formula is C12H16N4O2. The van der Waals surface area contributed by atoms with Gasteiger partial charge in [-0.05, 0) is 0 Å². The van der Waals surface area contributed by atoms with E-state index in [1.54, 1.807) is 32.7 Å². The topological polar surface area (TPSA) is 75.2 Å². The van der Waals surface area contributed by atoms with E-state index in [4.69, 9.17) is 15.2 Å². The van der Waals surface area contributed by atoms with Gasteiger partial charge in [0, 0.05) is 24.7 Å². The van der Waals surface area contributed by atoms with Gasteiger partial charge in [-0.25, -0.2) is 4.98 Å². The maximum atomic E-state index is 5.62. The van der Waals surface area contributed by atoms with Gasteiger partial charge >= 0.3 is 0 Å². The summed E-state index contributed by atoms with van der Waals surface area (Å²) >= 11 is 0. The van der Waals surface area contributed by atoms with Crippen LogP contribution in [0.4, 0.5) is 0 Å². The predicted octanol–water partition coefficient (Wildman–Crippen LogP) is 0.802. The van der Waals surface area contributed by atoms with Crippen molar-refractivity contribution in [3.05, 3.63) is 36.2 Å². The molecular weight excluding hydrogens is 232 g/mol. The molecule has 2 aromatic rings. The highest BCUT2D eigenvalue weighted by molar-refractivity contribution is 5.42. The average Bonchev–Trinajstić information content (AvgIpc) is 2.85. The van der Waals surface area contributed by atoms with Crippen molar-refractivity contribution in [1.29, 1.82) is 0 Å². The summed E-state index contributed by atoms with van der Waals surface area (Å²) < 4.78 is 12.5. The van der Waals surface area contributed by atoms with Crippen LogP contribution in [0.3, 0.4) is 0 Å². The first-order valence-corrected chi connectivity index (χ1v) is 5.56. The molecule has 2 heterocycles. The number of hydrogen-bond donors (Lipinski definition) is 1. The first-order valence-electron chi connectivity index (χ1n) is 5.56. The van der Waals surface area contributed by atoms with E-state index in [1.165, 1.54) is 0 Å². The predicted molar refractivity (Wildman–Crippen MR) is 66.6 cm³/mol. The number of ether oxygens (including phenoxy) is 2. The van der Waals surface area contributed by atoms with Crippen LogP contribution in [0.25, 0.3) is 0 Å². The second-order valence-electron chi connectivity index (χ2n) is 3.67. The van der Waals surface area contributed by atoms with E-state index in [9.17, 15) is 0 Å². The largest absolute Gasteiger partial charge is 0.493 e. The highest BCUT2D eigenvalue weighted by Gasteiger charge is 2.12. The third-order valence-electron chi connectivity index (χ3n) is 2.67. The Labute approximate surface area is 105 Å². The summed E-state index contributed by atoms with van der Waals surface area (Å²) in [6.07, 6.45) is 5.27. The van der Waals surface area contributed by atoms with Crippen LogP contribution in [-0.4, -0.2) is 28.8 Å². The summed E-state index contributed by atoms with van der Waals surface area (Å²) in [4.78, 5) is 8.48. The van der Waals surface area contributed by atoms with E-state index >= 15 is 0 Å². The lowest BCUT2D eigenvalue weighted by atomic mass is 10.3. The molecule has 2 rings (SSSR count). The quantitative estimate of drug-likeness (QED) is 0.847. The lowest BCUT2D eigenvalue weighted by molar-refractivity contribution is 0.348.